The summed E-state index contributed by atoms with van der Waals surface area (Å²) < 4.78 is 53.2. The van der Waals surface area contributed by atoms with Gasteiger partial charge in [0.15, 0.2) is 5.82 Å². The van der Waals surface area contributed by atoms with Gasteiger partial charge in [0.05, 0.1) is 5.56 Å². The van der Waals surface area contributed by atoms with Crippen molar-refractivity contribution in [1.29, 1.82) is 0 Å². The third kappa shape index (κ3) is 8.80. The quantitative estimate of drug-likeness (QED) is 0.230. The number of rotatable bonds is 7. The summed E-state index contributed by atoms with van der Waals surface area (Å²) >= 11 is 0. The number of piperidine rings is 1. The molecular weight excluding hydrogens is 498 g/mol. The van der Waals surface area contributed by atoms with Crippen molar-refractivity contribution in [3.05, 3.63) is 77.1 Å². The van der Waals surface area contributed by atoms with Gasteiger partial charge in [-0.1, -0.05) is 24.3 Å². The molecule has 0 atom stereocenters. The minimum Gasteiger partial charge on any atom is -0.301 e. The molecule has 0 spiro atoms. The summed E-state index contributed by atoms with van der Waals surface area (Å²) in [6.45, 7) is 6.57. The molecule has 206 valence electrons. The molecule has 1 aliphatic heterocycles. The van der Waals surface area contributed by atoms with E-state index in [9.17, 15) is 17.6 Å². The molecule has 3 aromatic rings. The van der Waals surface area contributed by atoms with Crippen molar-refractivity contribution in [3.63, 3.8) is 0 Å². The summed E-state index contributed by atoms with van der Waals surface area (Å²) in [5, 5.41) is 0. The fourth-order valence-electron chi connectivity index (χ4n) is 4.50. The predicted molar refractivity (Wildman–Crippen MR) is 139 cm³/mol. The average molecular weight is 534 g/mol. The van der Waals surface area contributed by atoms with E-state index in [-0.39, 0.29) is 11.6 Å². The Morgan fingerprint density at radius 2 is 1.61 bits per heavy atom. The lowest BCUT2D eigenvalue weighted by molar-refractivity contribution is -0.137. The summed E-state index contributed by atoms with van der Waals surface area (Å²) in [6.07, 6.45) is -0.314. The lowest BCUT2D eigenvalue weighted by Gasteiger charge is -2.34. The first-order valence-electron chi connectivity index (χ1n) is 12.6. The molecule has 0 aliphatic carbocycles. The van der Waals surface area contributed by atoms with Gasteiger partial charge in [0.2, 0.25) is 0 Å². The maximum absolute atomic E-state index is 13.3. The number of nitrogens with one attached hydrogen (secondary N) is 1. The van der Waals surface area contributed by atoms with Crippen LogP contribution in [0, 0.1) is 11.7 Å². The van der Waals surface area contributed by atoms with Crippen LogP contribution in [-0.2, 0) is 19.0 Å². The normalized spacial score (nSPS) is 14.9. The first-order chi connectivity index (χ1) is 18.1. The van der Waals surface area contributed by atoms with Gasteiger partial charge in [-0.2, -0.15) is 18.7 Å². The molecular formula is C27H35F4N7. The molecule has 1 aromatic heterocycles. The predicted octanol–water partition coefficient (Wildman–Crippen LogP) is 4.66. The van der Waals surface area contributed by atoms with Gasteiger partial charge in [0.1, 0.15) is 17.5 Å². The molecule has 2 heterocycles. The lowest BCUT2D eigenvalue weighted by atomic mass is 9.91. The standard InChI is InChI=1S/C27H30F4N4.H5N3/c1-18(2)35-14-12-19(13-15-35)8-11-24-32-25(16-20-6-9-23(28)10-7-20)34-26(33-24)21-4-3-5-22(17-21)27(29,30)31;1-3-2/h3-7,9-10,17-19H,8,11-16H2,1-2H3;3H,1-2H2. The molecule has 0 unspecified atom stereocenters. The van der Waals surface area contributed by atoms with E-state index in [1.165, 1.54) is 18.2 Å². The molecule has 1 aliphatic rings. The zero-order chi connectivity index (χ0) is 27.7. The van der Waals surface area contributed by atoms with Crippen molar-refractivity contribution >= 4 is 0 Å². The van der Waals surface area contributed by atoms with Crippen molar-refractivity contribution < 1.29 is 17.6 Å². The second kappa shape index (κ2) is 13.7. The number of nitrogens with zero attached hydrogens (tertiary/aromatic N) is 4. The van der Waals surface area contributed by atoms with Gasteiger partial charge in [-0.15, -0.1) is 0 Å². The average Bonchev–Trinajstić information content (AvgIpc) is 2.89. The van der Waals surface area contributed by atoms with Crippen LogP contribution < -0.4 is 17.2 Å². The van der Waals surface area contributed by atoms with E-state index in [1.807, 2.05) is 0 Å². The number of halogens is 4. The first-order valence-corrected chi connectivity index (χ1v) is 12.6. The number of hydrazine groups is 2. The van der Waals surface area contributed by atoms with Crippen molar-refractivity contribution in [2.45, 2.75) is 58.2 Å². The highest BCUT2D eigenvalue weighted by Crippen LogP contribution is 2.31. The Balaban J connectivity index is 0.00000127. The second-order valence-electron chi connectivity index (χ2n) is 9.65. The van der Waals surface area contributed by atoms with E-state index in [0.29, 0.717) is 42.0 Å². The zero-order valence-corrected chi connectivity index (χ0v) is 21.7. The molecule has 5 N–H and O–H groups in total. The minimum atomic E-state index is -4.45. The van der Waals surface area contributed by atoms with E-state index in [2.05, 4.69) is 45.4 Å². The molecule has 0 saturated carbocycles. The molecule has 1 fully saturated rings. The van der Waals surface area contributed by atoms with Gasteiger partial charge in [-0.05, 0) is 81.9 Å². The summed E-state index contributed by atoms with van der Waals surface area (Å²) in [4.78, 5) is 16.1. The molecule has 4 rings (SSSR count). The van der Waals surface area contributed by atoms with E-state index in [4.69, 9.17) is 0 Å². The molecule has 1 saturated heterocycles. The van der Waals surface area contributed by atoms with Gasteiger partial charge in [0, 0.05) is 24.4 Å². The molecule has 0 amide bonds. The van der Waals surface area contributed by atoms with Gasteiger partial charge in [-0.25, -0.2) is 19.3 Å². The summed E-state index contributed by atoms with van der Waals surface area (Å²) in [5.74, 6) is 10.3. The number of likely N-dealkylation sites (tertiary alicyclic amines) is 1. The Labute approximate surface area is 220 Å². The van der Waals surface area contributed by atoms with Crippen LogP contribution in [0.4, 0.5) is 17.6 Å². The van der Waals surface area contributed by atoms with E-state index in [1.54, 1.807) is 23.7 Å². The number of nitrogens with two attached hydrogens (primary N) is 2. The minimum absolute atomic E-state index is 0.229. The van der Waals surface area contributed by atoms with Crippen LogP contribution in [0.2, 0.25) is 0 Å². The highest BCUT2D eigenvalue weighted by molar-refractivity contribution is 5.56. The van der Waals surface area contributed by atoms with Crippen molar-refractivity contribution in [3.8, 4) is 11.4 Å². The Morgan fingerprint density at radius 3 is 2.21 bits per heavy atom. The second-order valence-corrected chi connectivity index (χ2v) is 9.65. The fraction of sp³-hybridized carbons (Fsp3) is 0.444. The molecule has 2 aromatic carbocycles. The zero-order valence-electron chi connectivity index (χ0n) is 21.7. The van der Waals surface area contributed by atoms with Crippen molar-refractivity contribution in [2.24, 2.45) is 17.6 Å². The Morgan fingerprint density at radius 1 is 0.974 bits per heavy atom. The molecule has 7 nitrogen and oxygen atoms in total. The summed E-state index contributed by atoms with van der Waals surface area (Å²) in [6, 6.07) is 11.7. The maximum atomic E-state index is 13.3. The van der Waals surface area contributed by atoms with Crippen LogP contribution >= 0.6 is 0 Å². The molecule has 0 bridgehead atoms. The highest BCUT2D eigenvalue weighted by Gasteiger charge is 2.30. The largest absolute Gasteiger partial charge is 0.416 e. The SMILES string of the molecule is CC(C)N1CCC(CCc2nc(Cc3ccc(F)cc3)nc(-c3cccc(C(F)(F)F)c3)n2)CC1.NNN. The lowest BCUT2D eigenvalue weighted by Crippen LogP contribution is -2.38. The highest BCUT2D eigenvalue weighted by atomic mass is 19.4. The molecule has 11 heteroatoms. The topological polar surface area (TPSA) is 106 Å². The van der Waals surface area contributed by atoms with E-state index < -0.39 is 11.7 Å². The first kappa shape index (κ1) is 29.6. The Hall–Kier alpha value is -2.99. The number of aromatic nitrogens is 3. The number of alkyl halides is 3. The number of aryl methyl sites for hydroxylation is 1. The molecule has 38 heavy (non-hydrogen) atoms. The van der Waals surface area contributed by atoms with Gasteiger partial charge in [-0.3, -0.25) is 11.7 Å². The smallest absolute Gasteiger partial charge is 0.301 e. The third-order valence-electron chi connectivity index (χ3n) is 6.61. The number of hydrogen-bond acceptors (Lipinski definition) is 7. The van der Waals surface area contributed by atoms with Crippen molar-refractivity contribution in [2.75, 3.05) is 13.1 Å². The van der Waals surface area contributed by atoms with Crippen LogP contribution in [0.1, 0.15) is 55.9 Å². The number of benzene rings is 2. The van der Waals surface area contributed by atoms with Gasteiger partial charge in [0.25, 0.3) is 0 Å². The van der Waals surface area contributed by atoms with Gasteiger partial charge >= 0.3 is 6.18 Å². The fourth-order valence-corrected chi connectivity index (χ4v) is 4.50. The van der Waals surface area contributed by atoms with Crippen molar-refractivity contribution in [1.82, 2.24) is 25.4 Å². The Bertz CT molecular complexity index is 1140. The van der Waals surface area contributed by atoms with Crippen LogP contribution in [-0.4, -0.2) is 39.0 Å². The monoisotopic (exact) mass is 533 g/mol. The van der Waals surface area contributed by atoms with Crippen LogP contribution in [0.15, 0.2) is 48.5 Å². The van der Waals surface area contributed by atoms with E-state index >= 15 is 0 Å². The van der Waals surface area contributed by atoms with Crippen LogP contribution in [0.5, 0.6) is 0 Å². The Kier molecular flexibility index (Phi) is 10.7. The van der Waals surface area contributed by atoms with E-state index in [0.717, 1.165) is 50.0 Å². The third-order valence-corrected chi connectivity index (χ3v) is 6.61. The summed E-state index contributed by atoms with van der Waals surface area (Å²) in [5.41, 5.74) is 2.13. The maximum Gasteiger partial charge on any atom is 0.416 e. The molecule has 0 radical (unpaired) electrons. The van der Waals surface area contributed by atoms with Gasteiger partial charge < -0.3 is 4.90 Å². The number of hydrogen-bond donors (Lipinski definition) is 3. The van der Waals surface area contributed by atoms with Crippen LogP contribution in [0.3, 0.4) is 0 Å². The summed E-state index contributed by atoms with van der Waals surface area (Å²) in [7, 11) is 0. The van der Waals surface area contributed by atoms with Crippen LogP contribution in [0.25, 0.3) is 11.4 Å².